The van der Waals surface area contributed by atoms with Gasteiger partial charge in [-0.15, -0.1) is 0 Å². The molecule has 3 unspecified atom stereocenters. The van der Waals surface area contributed by atoms with Crippen LogP contribution in [0.25, 0.3) is 0 Å². The molecule has 2 aliphatic rings. The molecule has 4 nitrogen and oxygen atoms in total. The number of hydrogen-bond acceptors (Lipinski definition) is 2. The number of rotatable bonds is 3. The Hall–Kier alpha value is -1.06. The molecule has 0 bridgehead atoms. The first kappa shape index (κ1) is 13.4. The van der Waals surface area contributed by atoms with E-state index in [2.05, 4.69) is 12.2 Å². The van der Waals surface area contributed by atoms with Gasteiger partial charge in [-0.05, 0) is 25.7 Å². The standard InChI is InChI=1S/C14H24N2O2/c1-4-9(2)12-14(18)16(10(3)13(17)15-12)11-7-5-6-8-11/h9-12H,4-8H2,1-3H3,(H,15,17). The molecule has 0 radical (unpaired) electrons. The molecule has 2 amide bonds. The van der Waals surface area contributed by atoms with E-state index in [1.807, 2.05) is 18.7 Å². The first-order chi connectivity index (χ1) is 8.56. The summed E-state index contributed by atoms with van der Waals surface area (Å²) in [6.45, 7) is 5.94. The smallest absolute Gasteiger partial charge is 0.246 e. The van der Waals surface area contributed by atoms with Gasteiger partial charge in [0.1, 0.15) is 12.1 Å². The zero-order chi connectivity index (χ0) is 13.3. The van der Waals surface area contributed by atoms with Gasteiger partial charge >= 0.3 is 0 Å². The van der Waals surface area contributed by atoms with Crippen molar-refractivity contribution in [3.8, 4) is 0 Å². The molecule has 2 fully saturated rings. The highest BCUT2D eigenvalue weighted by molar-refractivity contribution is 5.97. The Labute approximate surface area is 109 Å². The number of nitrogens with one attached hydrogen (secondary N) is 1. The first-order valence-corrected chi connectivity index (χ1v) is 7.18. The average molecular weight is 252 g/mol. The monoisotopic (exact) mass is 252 g/mol. The Morgan fingerprint density at radius 2 is 1.94 bits per heavy atom. The van der Waals surface area contributed by atoms with Crippen molar-refractivity contribution in [2.45, 2.75) is 71.0 Å². The SMILES string of the molecule is CCC(C)C1NC(=O)C(C)N(C2CCCC2)C1=O. The molecule has 1 saturated carbocycles. The Morgan fingerprint density at radius 1 is 1.33 bits per heavy atom. The van der Waals surface area contributed by atoms with Gasteiger partial charge < -0.3 is 10.2 Å². The molecule has 1 saturated heterocycles. The second kappa shape index (κ2) is 5.29. The molecule has 102 valence electrons. The second-order valence-electron chi connectivity index (χ2n) is 5.73. The first-order valence-electron chi connectivity index (χ1n) is 7.18. The van der Waals surface area contributed by atoms with Gasteiger partial charge in [-0.1, -0.05) is 33.1 Å². The van der Waals surface area contributed by atoms with Crippen LogP contribution in [0.15, 0.2) is 0 Å². The summed E-state index contributed by atoms with van der Waals surface area (Å²) >= 11 is 0. The molecule has 1 N–H and O–H groups in total. The lowest BCUT2D eigenvalue weighted by Crippen LogP contribution is -2.66. The van der Waals surface area contributed by atoms with Crippen LogP contribution in [0.4, 0.5) is 0 Å². The van der Waals surface area contributed by atoms with E-state index in [9.17, 15) is 9.59 Å². The number of carbonyl (C=O) groups excluding carboxylic acids is 2. The number of carbonyl (C=O) groups is 2. The van der Waals surface area contributed by atoms with E-state index in [1.54, 1.807) is 0 Å². The van der Waals surface area contributed by atoms with Crippen molar-refractivity contribution in [3.63, 3.8) is 0 Å². The molecule has 1 aliphatic heterocycles. The van der Waals surface area contributed by atoms with Gasteiger partial charge in [0, 0.05) is 6.04 Å². The molecule has 0 aromatic heterocycles. The van der Waals surface area contributed by atoms with Gasteiger partial charge in [0.2, 0.25) is 11.8 Å². The quantitative estimate of drug-likeness (QED) is 0.831. The average Bonchev–Trinajstić information content (AvgIpc) is 2.87. The summed E-state index contributed by atoms with van der Waals surface area (Å²) in [5, 5.41) is 2.89. The molecule has 2 rings (SSSR count). The maximum atomic E-state index is 12.6. The predicted molar refractivity (Wildman–Crippen MR) is 69.9 cm³/mol. The maximum absolute atomic E-state index is 12.6. The molecule has 0 aromatic rings. The van der Waals surface area contributed by atoms with Crippen molar-refractivity contribution in [3.05, 3.63) is 0 Å². The summed E-state index contributed by atoms with van der Waals surface area (Å²) in [4.78, 5) is 26.5. The van der Waals surface area contributed by atoms with E-state index >= 15 is 0 Å². The second-order valence-corrected chi connectivity index (χ2v) is 5.73. The Kier molecular flexibility index (Phi) is 3.93. The summed E-state index contributed by atoms with van der Waals surface area (Å²) < 4.78 is 0. The van der Waals surface area contributed by atoms with E-state index in [4.69, 9.17) is 0 Å². The Morgan fingerprint density at radius 3 is 2.50 bits per heavy atom. The molecule has 0 spiro atoms. The zero-order valence-corrected chi connectivity index (χ0v) is 11.6. The molecule has 18 heavy (non-hydrogen) atoms. The van der Waals surface area contributed by atoms with Crippen LogP contribution in [0.5, 0.6) is 0 Å². The molecular formula is C14H24N2O2. The maximum Gasteiger partial charge on any atom is 0.246 e. The molecule has 1 aliphatic carbocycles. The van der Waals surface area contributed by atoms with E-state index in [1.165, 1.54) is 12.8 Å². The molecule has 1 heterocycles. The molecule has 3 atom stereocenters. The van der Waals surface area contributed by atoms with Crippen molar-refractivity contribution in [2.75, 3.05) is 0 Å². The Balaban J connectivity index is 2.19. The molecule has 0 aromatic carbocycles. The summed E-state index contributed by atoms with van der Waals surface area (Å²) in [6, 6.07) is -0.342. The van der Waals surface area contributed by atoms with Gasteiger partial charge in [-0.3, -0.25) is 9.59 Å². The van der Waals surface area contributed by atoms with Crippen LogP contribution in [-0.2, 0) is 9.59 Å². The van der Waals surface area contributed by atoms with Crippen molar-refractivity contribution < 1.29 is 9.59 Å². The highest BCUT2D eigenvalue weighted by Crippen LogP contribution is 2.28. The number of amides is 2. The zero-order valence-electron chi connectivity index (χ0n) is 11.6. The lowest BCUT2D eigenvalue weighted by atomic mass is 9.93. The lowest BCUT2D eigenvalue weighted by Gasteiger charge is -2.42. The Bertz CT molecular complexity index is 337. The minimum Gasteiger partial charge on any atom is -0.342 e. The summed E-state index contributed by atoms with van der Waals surface area (Å²) in [5.41, 5.74) is 0. The van der Waals surface area contributed by atoms with Crippen molar-refractivity contribution in [1.29, 1.82) is 0 Å². The van der Waals surface area contributed by atoms with E-state index in [0.29, 0.717) is 0 Å². The molecular weight excluding hydrogens is 228 g/mol. The fraction of sp³-hybridized carbons (Fsp3) is 0.857. The van der Waals surface area contributed by atoms with Crippen LogP contribution in [0.3, 0.4) is 0 Å². The van der Waals surface area contributed by atoms with E-state index in [-0.39, 0.29) is 35.9 Å². The van der Waals surface area contributed by atoms with E-state index < -0.39 is 0 Å². The van der Waals surface area contributed by atoms with Crippen molar-refractivity contribution in [2.24, 2.45) is 5.92 Å². The topological polar surface area (TPSA) is 49.4 Å². The number of hydrogen-bond donors (Lipinski definition) is 1. The summed E-state index contributed by atoms with van der Waals surface area (Å²) in [5.74, 6) is 0.341. The number of piperazine rings is 1. The highest BCUT2D eigenvalue weighted by atomic mass is 16.2. The van der Waals surface area contributed by atoms with Crippen LogP contribution < -0.4 is 5.32 Å². The van der Waals surface area contributed by atoms with Gasteiger partial charge in [0.15, 0.2) is 0 Å². The number of nitrogens with zero attached hydrogens (tertiary/aromatic N) is 1. The van der Waals surface area contributed by atoms with Gasteiger partial charge in [0.25, 0.3) is 0 Å². The van der Waals surface area contributed by atoms with Crippen LogP contribution in [0.2, 0.25) is 0 Å². The van der Waals surface area contributed by atoms with E-state index in [0.717, 1.165) is 19.3 Å². The summed E-state index contributed by atoms with van der Waals surface area (Å²) in [7, 11) is 0. The summed E-state index contributed by atoms with van der Waals surface area (Å²) in [6.07, 6.45) is 5.37. The molecule has 4 heteroatoms. The minimum atomic E-state index is -0.320. The fourth-order valence-electron chi connectivity index (χ4n) is 3.11. The van der Waals surface area contributed by atoms with Gasteiger partial charge in [0.05, 0.1) is 0 Å². The van der Waals surface area contributed by atoms with Crippen LogP contribution in [-0.4, -0.2) is 34.8 Å². The minimum absolute atomic E-state index is 0.00630. The third-order valence-corrected chi connectivity index (χ3v) is 4.55. The van der Waals surface area contributed by atoms with Crippen LogP contribution >= 0.6 is 0 Å². The van der Waals surface area contributed by atoms with Gasteiger partial charge in [-0.2, -0.15) is 0 Å². The van der Waals surface area contributed by atoms with Crippen molar-refractivity contribution in [1.82, 2.24) is 10.2 Å². The van der Waals surface area contributed by atoms with Crippen LogP contribution in [0, 0.1) is 5.92 Å². The van der Waals surface area contributed by atoms with Crippen LogP contribution in [0.1, 0.15) is 52.9 Å². The van der Waals surface area contributed by atoms with Crippen molar-refractivity contribution >= 4 is 11.8 Å². The predicted octanol–water partition coefficient (Wildman–Crippen LogP) is 1.69. The third kappa shape index (κ3) is 2.25. The third-order valence-electron chi connectivity index (χ3n) is 4.55. The highest BCUT2D eigenvalue weighted by Gasteiger charge is 2.43. The fourth-order valence-corrected chi connectivity index (χ4v) is 3.11. The largest absolute Gasteiger partial charge is 0.342 e. The normalized spacial score (nSPS) is 31.6. The van der Waals surface area contributed by atoms with Gasteiger partial charge in [-0.25, -0.2) is 0 Å². The lowest BCUT2D eigenvalue weighted by molar-refractivity contribution is -0.152.